The molecule has 0 bridgehead atoms. The van der Waals surface area contributed by atoms with Crippen LogP contribution in [0.1, 0.15) is 33.0 Å². The first-order chi connectivity index (χ1) is 15.8. The highest BCUT2D eigenvalue weighted by Crippen LogP contribution is 2.27. The number of piperidine rings is 1. The van der Waals surface area contributed by atoms with E-state index in [1.807, 2.05) is 11.4 Å². The van der Waals surface area contributed by atoms with Crippen LogP contribution in [0.2, 0.25) is 0 Å². The lowest BCUT2D eigenvalue weighted by atomic mass is 9.97. The first kappa shape index (κ1) is 23.2. The minimum absolute atomic E-state index is 0.0503. The Labute approximate surface area is 196 Å². The number of nitrogens with zero attached hydrogens (tertiary/aromatic N) is 2. The highest BCUT2D eigenvalue weighted by molar-refractivity contribution is 7.15. The Kier molecular flexibility index (Phi) is 6.99. The van der Waals surface area contributed by atoms with Crippen molar-refractivity contribution in [2.75, 3.05) is 18.4 Å². The topological polar surface area (TPSA) is 71.5 Å². The number of anilines is 1. The molecule has 0 saturated carbocycles. The number of carbonyl (C=O) groups is 2. The lowest BCUT2D eigenvalue weighted by molar-refractivity contribution is -0.274. The molecule has 6 nitrogen and oxygen atoms in total. The molecule has 174 valence electrons. The van der Waals surface area contributed by atoms with Gasteiger partial charge in [0.25, 0.3) is 5.91 Å². The van der Waals surface area contributed by atoms with Gasteiger partial charge in [0.2, 0.25) is 5.91 Å². The summed E-state index contributed by atoms with van der Waals surface area (Å²) in [5.41, 5.74) is 0.793. The van der Waals surface area contributed by atoms with E-state index in [9.17, 15) is 22.8 Å². The van der Waals surface area contributed by atoms with Crippen molar-refractivity contribution in [1.82, 2.24) is 9.88 Å². The molecular formula is C22H20F3N3O3S2. The molecule has 2 amide bonds. The van der Waals surface area contributed by atoms with E-state index < -0.39 is 6.36 Å². The van der Waals surface area contributed by atoms with Crippen LogP contribution < -0.4 is 10.1 Å². The minimum atomic E-state index is -4.72. The quantitative estimate of drug-likeness (QED) is 0.511. The second kappa shape index (κ2) is 9.92. The maximum Gasteiger partial charge on any atom is 0.573 e. The van der Waals surface area contributed by atoms with E-state index in [4.69, 9.17) is 0 Å². The molecule has 1 aliphatic rings. The lowest BCUT2D eigenvalue weighted by Gasteiger charge is -2.31. The summed E-state index contributed by atoms with van der Waals surface area (Å²) >= 11 is 2.69. The van der Waals surface area contributed by atoms with Gasteiger partial charge < -0.3 is 15.0 Å². The number of likely N-dealkylation sites (tertiary alicyclic amines) is 1. The fourth-order valence-corrected chi connectivity index (χ4v) is 5.14. The van der Waals surface area contributed by atoms with Gasteiger partial charge in [-0.2, -0.15) is 0 Å². The molecule has 1 unspecified atom stereocenters. The minimum Gasteiger partial charge on any atom is -0.406 e. The zero-order chi connectivity index (χ0) is 23.4. The monoisotopic (exact) mass is 495 g/mol. The number of rotatable bonds is 6. The number of halogens is 3. The summed E-state index contributed by atoms with van der Waals surface area (Å²) < 4.78 is 40.7. The van der Waals surface area contributed by atoms with Crippen molar-refractivity contribution in [3.05, 3.63) is 63.3 Å². The molecule has 3 heterocycles. The highest BCUT2D eigenvalue weighted by Gasteiger charge is 2.31. The van der Waals surface area contributed by atoms with Gasteiger partial charge in [0.05, 0.1) is 10.8 Å². The number of thiophene rings is 1. The van der Waals surface area contributed by atoms with Crippen molar-refractivity contribution in [3.63, 3.8) is 0 Å². The number of nitrogens with one attached hydrogen (secondary N) is 1. The standard InChI is InChI=1S/C22H20F3N3O3S2/c23-22(24,25)31-16-7-5-14(6-8-16)11-17-12-26-21(33-17)27-19(29)15-3-1-9-28(13-15)20(30)18-4-2-10-32-18/h2,4-8,10,12,15H,1,3,9,11,13H2,(H,26,27,29). The average molecular weight is 496 g/mol. The van der Waals surface area contributed by atoms with E-state index in [1.165, 1.54) is 34.8 Å². The number of hydrogen-bond acceptors (Lipinski definition) is 6. The van der Waals surface area contributed by atoms with Crippen molar-refractivity contribution in [2.45, 2.75) is 25.6 Å². The van der Waals surface area contributed by atoms with Gasteiger partial charge in [-0.1, -0.05) is 18.2 Å². The summed E-state index contributed by atoms with van der Waals surface area (Å²) in [6.45, 7) is 1.00. The number of alkyl halides is 3. The number of benzene rings is 1. The molecule has 0 aliphatic carbocycles. The molecule has 0 spiro atoms. The summed E-state index contributed by atoms with van der Waals surface area (Å²) in [5.74, 6) is -0.808. The van der Waals surface area contributed by atoms with E-state index >= 15 is 0 Å². The van der Waals surface area contributed by atoms with Crippen molar-refractivity contribution in [3.8, 4) is 5.75 Å². The molecule has 1 aliphatic heterocycles. The zero-order valence-corrected chi connectivity index (χ0v) is 18.9. The van der Waals surface area contributed by atoms with Crippen LogP contribution in [0, 0.1) is 5.92 Å². The number of aromatic nitrogens is 1. The van der Waals surface area contributed by atoms with E-state index in [1.54, 1.807) is 29.3 Å². The number of ether oxygens (including phenoxy) is 1. The van der Waals surface area contributed by atoms with E-state index in [0.29, 0.717) is 35.9 Å². The molecule has 3 aromatic rings. The normalized spacial score (nSPS) is 16.5. The van der Waals surface area contributed by atoms with Crippen molar-refractivity contribution < 1.29 is 27.5 Å². The lowest BCUT2D eigenvalue weighted by Crippen LogP contribution is -2.43. The SMILES string of the molecule is O=C(Nc1ncc(Cc2ccc(OC(F)(F)F)cc2)s1)C1CCCN(C(=O)c2cccs2)C1. The first-order valence-electron chi connectivity index (χ1n) is 10.2. The summed E-state index contributed by atoms with van der Waals surface area (Å²) in [7, 11) is 0. The van der Waals surface area contributed by atoms with Gasteiger partial charge in [0, 0.05) is 30.6 Å². The second-order valence-electron chi connectivity index (χ2n) is 7.56. The van der Waals surface area contributed by atoms with Gasteiger partial charge in [-0.3, -0.25) is 9.59 Å². The van der Waals surface area contributed by atoms with Crippen LogP contribution in [0.15, 0.2) is 48.0 Å². The summed E-state index contributed by atoms with van der Waals surface area (Å²) in [5, 5.41) is 5.14. The van der Waals surface area contributed by atoms with Crippen LogP contribution in [-0.2, 0) is 11.2 Å². The number of carbonyl (C=O) groups excluding carboxylic acids is 2. The fourth-order valence-electron chi connectivity index (χ4n) is 3.60. The molecule has 2 aromatic heterocycles. The smallest absolute Gasteiger partial charge is 0.406 e. The third-order valence-corrected chi connectivity index (χ3v) is 6.90. The Morgan fingerprint density at radius 2 is 2.00 bits per heavy atom. The number of amides is 2. The first-order valence-corrected chi connectivity index (χ1v) is 11.9. The van der Waals surface area contributed by atoms with Crippen LogP contribution in [0.5, 0.6) is 5.75 Å². The largest absolute Gasteiger partial charge is 0.573 e. The predicted octanol–water partition coefficient (Wildman–Crippen LogP) is 5.18. The second-order valence-corrected chi connectivity index (χ2v) is 9.62. The third kappa shape index (κ3) is 6.32. The van der Waals surface area contributed by atoms with Gasteiger partial charge in [-0.15, -0.1) is 35.8 Å². The van der Waals surface area contributed by atoms with Gasteiger partial charge in [0.1, 0.15) is 5.75 Å². The predicted molar refractivity (Wildman–Crippen MR) is 120 cm³/mol. The van der Waals surface area contributed by atoms with Crippen molar-refractivity contribution >= 4 is 39.6 Å². The van der Waals surface area contributed by atoms with Crippen LogP contribution >= 0.6 is 22.7 Å². The third-order valence-electron chi connectivity index (χ3n) is 5.13. The van der Waals surface area contributed by atoms with Gasteiger partial charge in [-0.25, -0.2) is 4.98 Å². The zero-order valence-electron chi connectivity index (χ0n) is 17.3. The molecule has 11 heteroatoms. The molecule has 1 fully saturated rings. The summed E-state index contributed by atoms with van der Waals surface area (Å²) in [4.78, 5) is 32.8. The van der Waals surface area contributed by atoms with Gasteiger partial charge in [0.15, 0.2) is 5.13 Å². The molecule has 4 rings (SSSR count). The number of hydrogen-bond donors (Lipinski definition) is 1. The van der Waals surface area contributed by atoms with Crippen molar-refractivity contribution in [1.29, 1.82) is 0 Å². The van der Waals surface area contributed by atoms with E-state index in [2.05, 4.69) is 15.0 Å². The molecule has 1 N–H and O–H groups in total. The fraction of sp³-hybridized carbons (Fsp3) is 0.318. The van der Waals surface area contributed by atoms with Crippen LogP contribution in [0.4, 0.5) is 18.3 Å². The van der Waals surface area contributed by atoms with E-state index in [0.717, 1.165) is 16.9 Å². The number of thiazole rings is 1. The highest BCUT2D eigenvalue weighted by atomic mass is 32.1. The van der Waals surface area contributed by atoms with Crippen LogP contribution in [0.25, 0.3) is 0 Å². The summed E-state index contributed by atoms with van der Waals surface area (Å²) in [6.07, 6.45) is -1.17. The van der Waals surface area contributed by atoms with Crippen molar-refractivity contribution in [2.24, 2.45) is 5.92 Å². The Morgan fingerprint density at radius 1 is 1.21 bits per heavy atom. The Balaban J connectivity index is 1.31. The maximum absolute atomic E-state index is 12.8. The van der Waals surface area contributed by atoms with Gasteiger partial charge in [-0.05, 0) is 42.0 Å². The molecule has 0 radical (unpaired) electrons. The van der Waals surface area contributed by atoms with Crippen LogP contribution in [0.3, 0.4) is 0 Å². The molecular weight excluding hydrogens is 475 g/mol. The Hall–Kier alpha value is -2.92. The van der Waals surface area contributed by atoms with Crippen LogP contribution in [-0.4, -0.2) is 41.2 Å². The molecule has 1 aromatic carbocycles. The molecule has 33 heavy (non-hydrogen) atoms. The van der Waals surface area contributed by atoms with E-state index in [-0.39, 0.29) is 23.5 Å². The Morgan fingerprint density at radius 3 is 2.70 bits per heavy atom. The molecule has 1 atom stereocenters. The summed E-state index contributed by atoms with van der Waals surface area (Å²) in [6, 6.07) is 9.25. The maximum atomic E-state index is 12.8. The average Bonchev–Trinajstić information content (AvgIpc) is 3.46. The molecule has 1 saturated heterocycles. The van der Waals surface area contributed by atoms with Gasteiger partial charge >= 0.3 is 6.36 Å². The Bertz CT molecular complexity index is 1100.